The maximum absolute atomic E-state index is 10.5. The van der Waals surface area contributed by atoms with E-state index in [1.165, 1.54) is 12.1 Å². The first-order chi connectivity index (χ1) is 9.15. The van der Waals surface area contributed by atoms with Crippen molar-refractivity contribution in [2.45, 2.75) is 13.3 Å². The number of rotatable bonds is 5. The molecule has 0 saturated carbocycles. The van der Waals surface area contributed by atoms with E-state index < -0.39 is 0 Å². The molecule has 0 saturated heterocycles. The van der Waals surface area contributed by atoms with Gasteiger partial charge in [-0.3, -0.25) is 15.1 Å². The molecular weight excluding hydrogens is 242 g/mol. The van der Waals surface area contributed by atoms with Crippen LogP contribution < -0.4 is 5.32 Å². The van der Waals surface area contributed by atoms with Gasteiger partial charge in [0.15, 0.2) is 0 Å². The highest BCUT2D eigenvalue weighted by Crippen LogP contribution is 2.13. The van der Waals surface area contributed by atoms with E-state index in [9.17, 15) is 10.1 Å². The summed E-state index contributed by atoms with van der Waals surface area (Å²) >= 11 is 0. The Balaban J connectivity index is 1.87. The number of nitro benzene ring substituents is 1. The number of nitrogens with one attached hydrogen (secondary N) is 1. The lowest BCUT2D eigenvalue weighted by atomic mass is 10.1. The molecule has 0 aliphatic rings. The van der Waals surface area contributed by atoms with Crippen LogP contribution in [0.15, 0.2) is 42.6 Å². The second-order valence-corrected chi connectivity index (χ2v) is 4.29. The molecule has 19 heavy (non-hydrogen) atoms. The molecule has 0 fully saturated rings. The maximum atomic E-state index is 10.5. The monoisotopic (exact) mass is 257 g/mol. The van der Waals surface area contributed by atoms with E-state index in [4.69, 9.17) is 0 Å². The average molecular weight is 257 g/mol. The molecule has 0 aliphatic heterocycles. The van der Waals surface area contributed by atoms with Crippen LogP contribution in [0.2, 0.25) is 0 Å². The Labute approximate surface area is 111 Å². The fraction of sp³-hybridized carbons (Fsp3) is 0.214. The van der Waals surface area contributed by atoms with Gasteiger partial charge >= 0.3 is 0 Å². The van der Waals surface area contributed by atoms with E-state index >= 15 is 0 Å². The zero-order valence-electron chi connectivity index (χ0n) is 10.7. The molecular formula is C14H15N3O2. The van der Waals surface area contributed by atoms with Gasteiger partial charge in [0.2, 0.25) is 0 Å². The Morgan fingerprint density at radius 2 is 2.00 bits per heavy atom. The van der Waals surface area contributed by atoms with E-state index in [0.29, 0.717) is 0 Å². The van der Waals surface area contributed by atoms with Crippen LogP contribution >= 0.6 is 0 Å². The number of hydrogen-bond acceptors (Lipinski definition) is 4. The molecule has 1 N–H and O–H groups in total. The van der Waals surface area contributed by atoms with Crippen LogP contribution in [0.25, 0.3) is 0 Å². The molecule has 0 unspecified atom stereocenters. The number of benzene rings is 1. The van der Waals surface area contributed by atoms with E-state index in [2.05, 4.69) is 10.3 Å². The number of pyridine rings is 1. The van der Waals surface area contributed by atoms with E-state index in [1.54, 1.807) is 18.3 Å². The fourth-order valence-electron chi connectivity index (χ4n) is 1.79. The zero-order valence-corrected chi connectivity index (χ0v) is 10.7. The molecule has 0 aliphatic carbocycles. The Morgan fingerprint density at radius 1 is 1.26 bits per heavy atom. The molecule has 1 aromatic heterocycles. The molecule has 1 heterocycles. The Bertz CT molecular complexity index is 567. The van der Waals surface area contributed by atoms with Crippen molar-refractivity contribution in [1.82, 2.24) is 4.98 Å². The van der Waals surface area contributed by atoms with Gasteiger partial charge in [0.05, 0.1) is 4.92 Å². The van der Waals surface area contributed by atoms with Crippen molar-refractivity contribution >= 4 is 11.4 Å². The highest BCUT2D eigenvalue weighted by Gasteiger charge is 2.03. The summed E-state index contributed by atoms with van der Waals surface area (Å²) in [6.07, 6.45) is 2.59. The molecule has 2 aromatic rings. The molecule has 2 rings (SSSR count). The fourth-order valence-corrected chi connectivity index (χ4v) is 1.79. The molecule has 0 bridgehead atoms. The first-order valence-corrected chi connectivity index (χ1v) is 6.05. The normalized spacial score (nSPS) is 10.2. The molecule has 5 heteroatoms. The van der Waals surface area contributed by atoms with Crippen LogP contribution in [0, 0.1) is 17.0 Å². The summed E-state index contributed by atoms with van der Waals surface area (Å²) in [5, 5.41) is 13.8. The smallest absolute Gasteiger partial charge is 0.269 e. The molecule has 1 aromatic carbocycles. The van der Waals surface area contributed by atoms with E-state index in [0.717, 1.165) is 29.9 Å². The minimum Gasteiger partial charge on any atom is -0.385 e. The minimum atomic E-state index is -0.387. The van der Waals surface area contributed by atoms with Crippen LogP contribution in [0.5, 0.6) is 0 Å². The largest absolute Gasteiger partial charge is 0.385 e. The van der Waals surface area contributed by atoms with Crippen LogP contribution in [-0.2, 0) is 6.42 Å². The van der Waals surface area contributed by atoms with Gasteiger partial charge in [-0.05, 0) is 31.0 Å². The van der Waals surface area contributed by atoms with Gasteiger partial charge in [-0.25, -0.2) is 0 Å². The summed E-state index contributed by atoms with van der Waals surface area (Å²) < 4.78 is 0. The third-order valence-corrected chi connectivity index (χ3v) is 2.79. The summed E-state index contributed by atoms with van der Waals surface area (Å²) in [5.41, 5.74) is 3.21. The van der Waals surface area contributed by atoms with Crippen molar-refractivity contribution in [2.75, 3.05) is 11.9 Å². The summed E-state index contributed by atoms with van der Waals surface area (Å²) in [5.74, 6) is 0. The lowest BCUT2D eigenvalue weighted by Gasteiger charge is -2.06. The summed E-state index contributed by atoms with van der Waals surface area (Å²) in [7, 11) is 0. The molecule has 0 radical (unpaired) electrons. The summed E-state index contributed by atoms with van der Waals surface area (Å²) in [6.45, 7) is 2.72. The van der Waals surface area contributed by atoms with Gasteiger partial charge in [0.25, 0.3) is 5.69 Å². The molecule has 0 spiro atoms. The van der Waals surface area contributed by atoms with Crippen LogP contribution in [0.1, 0.15) is 11.3 Å². The first-order valence-electron chi connectivity index (χ1n) is 6.05. The van der Waals surface area contributed by atoms with Crippen molar-refractivity contribution in [1.29, 1.82) is 0 Å². The summed E-state index contributed by atoms with van der Waals surface area (Å²) in [4.78, 5) is 14.3. The molecule has 98 valence electrons. The molecule has 0 atom stereocenters. The van der Waals surface area contributed by atoms with Crippen molar-refractivity contribution in [3.63, 3.8) is 0 Å². The van der Waals surface area contributed by atoms with Crippen LogP contribution in [-0.4, -0.2) is 16.5 Å². The SMILES string of the molecule is Cc1cc(NCCc2ccc([N+](=O)[O-])cc2)ccn1. The molecule has 5 nitrogen and oxygen atoms in total. The van der Waals surface area contributed by atoms with Crippen molar-refractivity contribution < 1.29 is 4.92 Å². The second kappa shape index (κ2) is 5.95. The zero-order chi connectivity index (χ0) is 13.7. The average Bonchev–Trinajstić information content (AvgIpc) is 2.39. The minimum absolute atomic E-state index is 0.126. The number of anilines is 1. The van der Waals surface area contributed by atoms with E-state index in [-0.39, 0.29) is 10.6 Å². The van der Waals surface area contributed by atoms with Crippen LogP contribution in [0.4, 0.5) is 11.4 Å². The third-order valence-electron chi connectivity index (χ3n) is 2.79. The number of nitro groups is 1. The summed E-state index contributed by atoms with van der Waals surface area (Å²) in [6, 6.07) is 10.5. The Hall–Kier alpha value is -2.43. The van der Waals surface area contributed by atoms with Crippen molar-refractivity contribution in [2.24, 2.45) is 0 Å². The Kier molecular flexibility index (Phi) is 4.07. The van der Waals surface area contributed by atoms with Gasteiger partial charge in [0, 0.05) is 36.3 Å². The van der Waals surface area contributed by atoms with Crippen LogP contribution in [0.3, 0.4) is 0 Å². The number of nitrogens with zero attached hydrogens (tertiary/aromatic N) is 2. The van der Waals surface area contributed by atoms with E-state index in [1.807, 2.05) is 19.1 Å². The standard InChI is InChI=1S/C14H15N3O2/c1-11-10-13(7-9-15-11)16-8-6-12-2-4-14(5-3-12)17(18)19/h2-5,7,9-10H,6,8H2,1H3,(H,15,16). The quantitative estimate of drug-likeness (QED) is 0.660. The number of aromatic nitrogens is 1. The lowest BCUT2D eigenvalue weighted by molar-refractivity contribution is -0.384. The van der Waals surface area contributed by atoms with Crippen molar-refractivity contribution in [3.05, 3.63) is 64.0 Å². The van der Waals surface area contributed by atoms with Gasteiger partial charge in [-0.1, -0.05) is 12.1 Å². The van der Waals surface area contributed by atoms with Gasteiger partial charge in [-0.15, -0.1) is 0 Å². The first kappa shape index (κ1) is 13.0. The van der Waals surface area contributed by atoms with Crippen molar-refractivity contribution in [3.8, 4) is 0 Å². The maximum Gasteiger partial charge on any atom is 0.269 e. The number of aryl methyl sites for hydroxylation is 1. The van der Waals surface area contributed by atoms with Gasteiger partial charge < -0.3 is 5.32 Å². The van der Waals surface area contributed by atoms with Gasteiger partial charge in [-0.2, -0.15) is 0 Å². The predicted octanol–water partition coefficient (Wildman–Crippen LogP) is 2.95. The second-order valence-electron chi connectivity index (χ2n) is 4.29. The highest BCUT2D eigenvalue weighted by atomic mass is 16.6. The third kappa shape index (κ3) is 3.77. The Morgan fingerprint density at radius 3 is 2.63 bits per heavy atom. The topological polar surface area (TPSA) is 68.1 Å². The van der Waals surface area contributed by atoms with Gasteiger partial charge in [0.1, 0.15) is 0 Å². The molecule has 0 amide bonds. The number of non-ortho nitro benzene ring substituents is 1. The predicted molar refractivity (Wildman–Crippen MR) is 74.3 cm³/mol. The lowest BCUT2D eigenvalue weighted by Crippen LogP contribution is -2.05. The number of hydrogen-bond donors (Lipinski definition) is 1. The highest BCUT2D eigenvalue weighted by molar-refractivity contribution is 5.43.